The number of nitrogens with zero attached hydrogens (tertiary/aromatic N) is 3. The van der Waals surface area contributed by atoms with Crippen molar-refractivity contribution in [2.24, 2.45) is 0 Å². The average molecular weight is 320 g/mol. The van der Waals surface area contributed by atoms with Crippen molar-refractivity contribution in [3.8, 4) is 0 Å². The van der Waals surface area contributed by atoms with E-state index in [1.807, 2.05) is 24.3 Å². The Kier molecular flexibility index (Phi) is 3.31. The normalized spacial score (nSPS) is 11.0. The van der Waals surface area contributed by atoms with E-state index in [1.54, 1.807) is 30.5 Å². The van der Waals surface area contributed by atoms with Gasteiger partial charge in [-0.3, -0.25) is 4.79 Å². The molecule has 0 saturated heterocycles. The van der Waals surface area contributed by atoms with Crippen LogP contribution in [0.25, 0.3) is 21.8 Å². The van der Waals surface area contributed by atoms with Gasteiger partial charge in [0, 0.05) is 17.1 Å². The van der Waals surface area contributed by atoms with E-state index >= 15 is 0 Å². The van der Waals surface area contributed by atoms with Crippen LogP contribution in [0.5, 0.6) is 0 Å². The Morgan fingerprint density at radius 3 is 2.71 bits per heavy atom. The van der Waals surface area contributed by atoms with Gasteiger partial charge in [0.05, 0.1) is 11.8 Å². The van der Waals surface area contributed by atoms with Crippen molar-refractivity contribution in [1.29, 1.82) is 0 Å². The molecular formula is C17H12N4O3. The number of nitrogens with one attached hydrogen (secondary N) is 1. The van der Waals surface area contributed by atoms with E-state index < -0.39 is 11.5 Å². The van der Waals surface area contributed by atoms with Gasteiger partial charge in [0.2, 0.25) is 0 Å². The highest BCUT2D eigenvalue weighted by atomic mass is 16.7. The summed E-state index contributed by atoms with van der Waals surface area (Å²) in [7, 11) is 0. The van der Waals surface area contributed by atoms with Crippen LogP contribution < -0.4 is 10.4 Å². The van der Waals surface area contributed by atoms with Gasteiger partial charge in [-0.2, -0.15) is 0 Å². The Morgan fingerprint density at radius 2 is 1.83 bits per heavy atom. The first-order chi connectivity index (χ1) is 11.7. The minimum atomic E-state index is -0.591. The Morgan fingerprint density at radius 1 is 1.08 bits per heavy atom. The number of aromatic nitrogens is 4. The monoisotopic (exact) mass is 320 g/mol. The molecule has 0 atom stereocenters. The molecule has 0 bridgehead atoms. The lowest BCUT2D eigenvalue weighted by Crippen LogP contribution is -2.34. The van der Waals surface area contributed by atoms with Gasteiger partial charge in [-0.05, 0) is 33.8 Å². The van der Waals surface area contributed by atoms with Crippen LogP contribution in [0.3, 0.4) is 0 Å². The van der Waals surface area contributed by atoms with Crippen LogP contribution in [0, 0.1) is 0 Å². The first-order valence-electron chi connectivity index (χ1n) is 7.33. The molecule has 0 aliphatic carbocycles. The lowest BCUT2D eigenvalue weighted by atomic mass is 10.1. The SMILES string of the molecule is O=C(Cc1c[nH]c2ccccc12)On1nnc2ccccc2c1=O. The second-order valence-electron chi connectivity index (χ2n) is 5.28. The zero-order chi connectivity index (χ0) is 16.5. The molecule has 0 spiro atoms. The third-order valence-corrected chi connectivity index (χ3v) is 3.74. The summed E-state index contributed by atoms with van der Waals surface area (Å²) in [5.74, 6) is -0.591. The number of hydrogen-bond donors (Lipinski definition) is 1. The fourth-order valence-electron chi connectivity index (χ4n) is 2.60. The fourth-order valence-corrected chi connectivity index (χ4v) is 2.60. The molecule has 0 fully saturated rings. The van der Waals surface area contributed by atoms with E-state index in [4.69, 9.17) is 4.84 Å². The molecule has 118 valence electrons. The number of carbonyl (C=O) groups excluding carboxylic acids is 1. The van der Waals surface area contributed by atoms with Crippen molar-refractivity contribution >= 4 is 27.8 Å². The van der Waals surface area contributed by atoms with Crippen molar-refractivity contribution in [2.45, 2.75) is 6.42 Å². The third kappa shape index (κ3) is 2.41. The van der Waals surface area contributed by atoms with Crippen LogP contribution in [0.4, 0.5) is 0 Å². The molecule has 4 aromatic rings. The maximum atomic E-state index is 12.3. The quantitative estimate of drug-likeness (QED) is 0.577. The van der Waals surface area contributed by atoms with E-state index in [9.17, 15) is 9.59 Å². The average Bonchev–Trinajstić information content (AvgIpc) is 3.01. The van der Waals surface area contributed by atoms with Gasteiger partial charge in [-0.25, -0.2) is 4.79 Å². The van der Waals surface area contributed by atoms with E-state index in [-0.39, 0.29) is 6.42 Å². The molecular weight excluding hydrogens is 308 g/mol. The van der Waals surface area contributed by atoms with Crippen LogP contribution in [-0.4, -0.2) is 26.1 Å². The van der Waals surface area contributed by atoms with Crippen molar-refractivity contribution in [3.05, 3.63) is 70.6 Å². The number of H-pyrrole nitrogens is 1. The van der Waals surface area contributed by atoms with Crippen molar-refractivity contribution in [1.82, 2.24) is 20.1 Å². The van der Waals surface area contributed by atoms with Crippen molar-refractivity contribution in [2.75, 3.05) is 0 Å². The summed E-state index contributed by atoms with van der Waals surface area (Å²) in [5, 5.41) is 8.79. The Labute approximate surface area is 135 Å². The van der Waals surface area contributed by atoms with Crippen molar-refractivity contribution in [3.63, 3.8) is 0 Å². The molecule has 2 heterocycles. The molecule has 0 unspecified atom stereocenters. The van der Waals surface area contributed by atoms with Crippen LogP contribution in [0.15, 0.2) is 59.5 Å². The smallest absolute Gasteiger partial charge is 0.339 e. The predicted octanol–water partition coefficient (Wildman–Crippen LogP) is 1.47. The van der Waals surface area contributed by atoms with E-state index in [2.05, 4.69) is 15.3 Å². The number of hydrogen-bond acceptors (Lipinski definition) is 5. The first kappa shape index (κ1) is 14.1. The molecule has 0 aliphatic heterocycles. The van der Waals surface area contributed by atoms with E-state index in [0.717, 1.165) is 16.5 Å². The minimum absolute atomic E-state index is 0.0188. The van der Waals surface area contributed by atoms with Gasteiger partial charge in [0.1, 0.15) is 5.52 Å². The summed E-state index contributed by atoms with van der Waals surface area (Å²) in [6.07, 6.45) is 1.77. The van der Waals surface area contributed by atoms with E-state index in [1.165, 1.54) is 0 Å². The summed E-state index contributed by atoms with van der Waals surface area (Å²) in [6, 6.07) is 14.4. The largest absolute Gasteiger partial charge is 0.361 e. The third-order valence-electron chi connectivity index (χ3n) is 3.74. The molecule has 4 rings (SSSR count). The Hall–Kier alpha value is -3.48. The number of benzene rings is 2. The highest BCUT2D eigenvalue weighted by molar-refractivity contribution is 5.87. The molecule has 0 saturated carbocycles. The number of para-hydroxylation sites is 1. The molecule has 0 radical (unpaired) electrons. The molecule has 24 heavy (non-hydrogen) atoms. The lowest BCUT2D eigenvalue weighted by Gasteiger charge is -2.04. The Bertz CT molecular complexity index is 1110. The standard InChI is InChI=1S/C17H12N4O3/c22-16(9-11-10-18-14-7-3-1-5-12(11)14)24-21-17(23)13-6-2-4-8-15(13)19-20-21/h1-8,10,18H,9H2. The molecule has 0 amide bonds. The topological polar surface area (TPSA) is 89.9 Å². The highest BCUT2D eigenvalue weighted by Crippen LogP contribution is 2.18. The maximum absolute atomic E-state index is 12.3. The highest BCUT2D eigenvalue weighted by Gasteiger charge is 2.13. The second kappa shape index (κ2) is 5.62. The second-order valence-corrected chi connectivity index (χ2v) is 5.28. The predicted molar refractivity (Wildman–Crippen MR) is 87.4 cm³/mol. The molecule has 1 N–H and O–H groups in total. The number of aromatic amines is 1. The Balaban J connectivity index is 1.60. The zero-order valence-corrected chi connectivity index (χ0v) is 12.5. The molecule has 2 aromatic heterocycles. The van der Waals surface area contributed by atoms with Crippen LogP contribution >= 0.6 is 0 Å². The van der Waals surface area contributed by atoms with Gasteiger partial charge in [-0.15, -0.1) is 5.10 Å². The summed E-state index contributed by atoms with van der Waals surface area (Å²) < 4.78 is 0. The molecule has 7 heteroatoms. The molecule has 7 nitrogen and oxygen atoms in total. The van der Waals surface area contributed by atoms with Gasteiger partial charge < -0.3 is 9.82 Å². The van der Waals surface area contributed by atoms with Crippen LogP contribution in [0.2, 0.25) is 0 Å². The van der Waals surface area contributed by atoms with Gasteiger partial charge in [0.25, 0.3) is 0 Å². The zero-order valence-electron chi connectivity index (χ0n) is 12.5. The van der Waals surface area contributed by atoms with Gasteiger partial charge >= 0.3 is 11.5 Å². The van der Waals surface area contributed by atoms with Crippen molar-refractivity contribution < 1.29 is 9.63 Å². The summed E-state index contributed by atoms with van der Waals surface area (Å²) in [5.41, 5.74) is 1.65. The number of fused-ring (bicyclic) bond motifs is 2. The fraction of sp³-hybridized carbons (Fsp3) is 0.0588. The maximum Gasteiger partial charge on any atom is 0.339 e. The lowest BCUT2D eigenvalue weighted by molar-refractivity contribution is -0.145. The summed E-state index contributed by atoms with van der Waals surface area (Å²) in [6.45, 7) is 0. The molecule has 0 aliphatic rings. The van der Waals surface area contributed by atoms with Crippen LogP contribution in [0.1, 0.15) is 5.56 Å². The minimum Gasteiger partial charge on any atom is -0.361 e. The van der Waals surface area contributed by atoms with Gasteiger partial charge in [0.15, 0.2) is 0 Å². The summed E-state index contributed by atoms with van der Waals surface area (Å²) >= 11 is 0. The van der Waals surface area contributed by atoms with Crippen LogP contribution in [-0.2, 0) is 11.2 Å². The van der Waals surface area contributed by atoms with Gasteiger partial charge in [-0.1, -0.05) is 30.3 Å². The first-order valence-corrected chi connectivity index (χ1v) is 7.33. The number of carbonyl (C=O) groups is 1. The number of rotatable bonds is 3. The summed E-state index contributed by atoms with van der Waals surface area (Å²) in [4.78, 5) is 33.2. The van der Waals surface area contributed by atoms with E-state index in [0.29, 0.717) is 15.7 Å². The molecule has 2 aromatic carbocycles.